The Bertz CT molecular complexity index is 677. The predicted octanol–water partition coefficient (Wildman–Crippen LogP) is 4.75. The molecule has 2 aromatic rings. The van der Waals surface area contributed by atoms with Crippen molar-refractivity contribution in [1.82, 2.24) is 0 Å². The highest BCUT2D eigenvalue weighted by Gasteiger charge is 2.13. The molecule has 1 aromatic heterocycles. The molecule has 0 aliphatic carbocycles. The summed E-state index contributed by atoms with van der Waals surface area (Å²) in [6.07, 6.45) is 14.9. The molecule has 0 atom stereocenters. The SMILES string of the molecule is O=C1CCCCCCc2ccccc2-[n+]2cccc(c2)CCCC1. The number of para-hydroxylation sites is 1. The topological polar surface area (TPSA) is 20.9 Å². The lowest BCUT2D eigenvalue weighted by Crippen LogP contribution is -2.31. The molecule has 0 saturated carbocycles. The van der Waals surface area contributed by atoms with Crippen molar-refractivity contribution in [3.05, 3.63) is 59.9 Å². The number of hydrogen-bond donors (Lipinski definition) is 0. The molecule has 126 valence electrons. The second-order valence-corrected chi connectivity index (χ2v) is 6.91. The molecule has 0 spiro atoms. The van der Waals surface area contributed by atoms with Gasteiger partial charge < -0.3 is 0 Å². The predicted molar refractivity (Wildman–Crippen MR) is 97.3 cm³/mol. The summed E-state index contributed by atoms with van der Waals surface area (Å²) in [6, 6.07) is 13.1. The van der Waals surface area contributed by atoms with Gasteiger partial charge in [-0.2, -0.15) is 4.57 Å². The molecule has 1 aliphatic heterocycles. The Kier molecular flexibility index (Phi) is 6.17. The average molecular weight is 322 g/mol. The van der Waals surface area contributed by atoms with Gasteiger partial charge in [-0.15, -0.1) is 0 Å². The zero-order valence-electron chi connectivity index (χ0n) is 14.5. The second-order valence-electron chi connectivity index (χ2n) is 6.91. The van der Waals surface area contributed by atoms with Crippen molar-refractivity contribution in [1.29, 1.82) is 0 Å². The monoisotopic (exact) mass is 322 g/mol. The van der Waals surface area contributed by atoms with Crippen LogP contribution in [0.2, 0.25) is 0 Å². The van der Waals surface area contributed by atoms with Crippen LogP contribution in [0.4, 0.5) is 0 Å². The van der Waals surface area contributed by atoms with Gasteiger partial charge in [0.05, 0.1) is 0 Å². The van der Waals surface area contributed by atoms with E-state index in [4.69, 9.17) is 0 Å². The van der Waals surface area contributed by atoms with Crippen LogP contribution in [0.15, 0.2) is 48.8 Å². The minimum atomic E-state index is 0.454. The van der Waals surface area contributed by atoms with Crippen LogP contribution in [0.3, 0.4) is 0 Å². The quantitative estimate of drug-likeness (QED) is 0.641. The number of aromatic nitrogens is 1. The molecule has 0 saturated heterocycles. The molecule has 1 aliphatic rings. The number of pyridine rings is 1. The number of carbonyl (C=O) groups excluding carboxylic acids is 1. The fourth-order valence-electron chi connectivity index (χ4n) is 3.56. The van der Waals surface area contributed by atoms with Gasteiger partial charge in [0.15, 0.2) is 12.4 Å². The smallest absolute Gasteiger partial charge is 0.213 e. The third-order valence-corrected chi connectivity index (χ3v) is 4.95. The number of nitrogens with zero attached hydrogens (tertiary/aromatic N) is 1. The second kappa shape index (κ2) is 8.77. The summed E-state index contributed by atoms with van der Waals surface area (Å²) in [5.41, 5.74) is 4.08. The van der Waals surface area contributed by atoms with Crippen molar-refractivity contribution >= 4 is 5.78 Å². The normalized spacial score (nSPS) is 17.2. The van der Waals surface area contributed by atoms with Gasteiger partial charge in [0.2, 0.25) is 5.69 Å². The minimum absolute atomic E-state index is 0.454. The molecular weight excluding hydrogens is 294 g/mol. The molecule has 0 fully saturated rings. The van der Waals surface area contributed by atoms with Crippen molar-refractivity contribution in [2.45, 2.75) is 64.2 Å². The molecule has 0 amide bonds. The third-order valence-electron chi connectivity index (χ3n) is 4.95. The van der Waals surface area contributed by atoms with Gasteiger partial charge in [-0.05, 0) is 44.6 Å². The van der Waals surface area contributed by atoms with Gasteiger partial charge in [0.25, 0.3) is 0 Å². The minimum Gasteiger partial charge on any atom is -0.300 e. The first-order valence-electron chi connectivity index (χ1n) is 9.43. The lowest BCUT2D eigenvalue weighted by molar-refractivity contribution is -0.596. The van der Waals surface area contributed by atoms with Crippen LogP contribution in [0.1, 0.15) is 62.5 Å². The van der Waals surface area contributed by atoms with Crippen LogP contribution >= 0.6 is 0 Å². The van der Waals surface area contributed by atoms with Gasteiger partial charge >= 0.3 is 0 Å². The molecule has 0 radical (unpaired) electrons. The zero-order valence-corrected chi connectivity index (χ0v) is 14.5. The van der Waals surface area contributed by atoms with Crippen molar-refractivity contribution < 1.29 is 9.36 Å². The molecule has 2 heterocycles. The molecule has 2 heteroatoms. The van der Waals surface area contributed by atoms with Crippen LogP contribution in [0.5, 0.6) is 0 Å². The number of fused-ring (bicyclic) bond motifs is 4. The maximum Gasteiger partial charge on any atom is 0.213 e. The number of ketones is 1. The average Bonchev–Trinajstić information content (AvgIpc) is 2.61. The summed E-state index contributed by atoms with van der Waals surface area (Å²) in [6.45, 7) is 0. The van der Waals surface area contributed by atoms with Crippen molar-refractivity contribution in [3.63, 3.8) is 0 Å². The number of Topliss-reactive ketones (excluding diaryl/α,β-unsaturated/α-hetero) is 1. The largest absolute Gasteiger partial charge is 0.300 e. The van der Waals surface area contributed by atoms with Gasteiger partial charge in [0, 0.05) is 36.1 Å². The van der Waals surface area contributed by atoms with E-state index in [1.807, 2.05) is 0 Å². The van der Waals surface area contributed by atoms with E-state index in [9.17, 15) is 4.79 Å². The van der Waals surface area contributed by atoms with Crippen LogP contribution in [-0.4, -0.2) is 5.78 Å². The standard InChI is InChI=1S/C22H28NO/c24-21-14-4-2-1-3-12-20-13-6-8-16-22(20)23-17-9-11-19(18-23)10-5-7-15-21/h6,8-9,11,13,16-18H,1-5,7,10,12,14-15H2/q+1. The first-order chi connectivity index (χ1) is 11.8. The lowest BCUT2D eigenvalue weighted by atomic mass is 10.0. The fourth-order valence-corrected chi connectivity index (χ4v) is 3.56. The van der Waals surface area contributed by atoms with Gasteiger partial charge in [0.1, 0.15) is 5.78 Å². The molecular formula is C22H28NO+. The first-order valence-corrected chi connectivity index (χ1v) is 9.43. The van der Waals surface area contributed by atoms with Crippen LogP contribution < -0.4 is 4.57 Å². The van der Waals surface area contributed by atoms with E-state index >= 15 is 0 Å². The van der Waals surface area contributed by atoms with E-state index in [2.05, 4.69) is 53.4 Å². The molecule has 2 nitrogen and oxygen atoms in total. The number of hydrogen-bond acceptors (Lipinski definition) is 1. The molecule has 0 unspecified atom stereocenters. The number of rotatable bonds is 0. The molecule has 0 N–H and O–H groups in total. The summed E-state index contributed by atoms with van der Waals surface area (Å²) in [5.74, 6) is 0.454. The van der Waals surface area contributed by atoms with E-state index < -0.39 is 0 Å². The van der Waals surface area contributed by atoms with E-state index in [1.54, 1.807) is 0 Å². The van der Waals surface area contributed by atoms with E-state index in [0.29, 0.717) is 5.78 Å². The molecule has 1 aromatic carbocycles. The number of benzene rings is 1. The van der Waals surface area contributed by atoms with E-state index in [1.165, 1.54) is 36.1 Å². The first kappa shape index (κ1) is 16.9. The van der Waals surface area contributed by atoms with Gasteiger partial charge in [-0.3, -0.25) is 4.79 Å². The highest BCUT2D eigenvalue weighted by Crippen LogP contribution is 2.16. The highest BCUT2D eigenvalue weighted by atomic mass is 16.1. The summed E-state index contributed by atoms with van der Waals surface area (Å²) in [5, 5.41) is 0. The maximum absolute atomic E-state index is 11.9. The Labute approximate surface area is 145 Å². The summed E-state index contributed by atoms with van der Waals surface area (Å²) in [4.78, 5) is 11.9. The summed E-state index contributed by atoms with van der Waals surface area (Å²) in [7, 11) is 0. The summed E-state index contributed by atoms with van der Waals surface area (Å²) >= 11 is 0. The lowest BCUT2D eigenvalue weighted by Gasteiger charge is -2.07. The fraction of sp³-hybridized carbons (Fsp3) is 0.455. The number of aryl methyl sites for hydroxylation is 2. The number of carbonyl (C=O) groups is 1. The van der Waals surface area contributed by atoms with Crippen LogP contribution in [-0.2, 0) is 17.6 Å². The van der Waals surface area contributed by atoms with Crippen molar-refractivity contribution in [2.24, 2.45) is 0 Å². The maximum atomic E-state index is 11.9. The van der Waals surface area contributed by atoms with E-state index in [0.717, 1.165) is 44.9 Å². The molecule has 24 heavy (non-hydrogen) atoms. The van der Waals surface area contributed by atoms with E-state index in [-0.39, 0.29) is 0 Å². The van der Waals surface area contributed by atoms with Crippen molar-refractivity contribution in [2.75, 3.05) is 0 Å². The Morgan fingerprint density at radius 2 is 1.42 bits per heavy atom. The molecule has 3 rings (SSSR count). The Balaban J connectivity index is 1.82. The zero-order chi connectivity index (χ0) is 16.6. The van der Waals surface area contributed by atoms with Crippen LogP contribution in [0.25, 0.3) is 5.69 Å². The molecule has 2 bridgehead atoms. The third kappa shape index (κ3) is 4.77. The summed E-state index contributed by atoms with van der Waals surface area (Å²) < 4.78 is 2.27. The Morgan fingerprint density at radius 1 is 0.708 bits per heavy atom. The highest BCUT2D eigenvalue weighted by molar-refractivity contribution is 5.78. The van der Waals surface area contributed by atoms with Crippen molar-refractivity contribution in [3.8, 4) is 5.69 Å². The van der Waals surface area contributed by atoms with Crippen LogP contribution in [0, 0.1) is 0 Å². The Morgan fingerprint density at radius 3 is 2.29 bits per heavy atom. The van der Waals surface area contributed by atoms with Gasteiger partial charge in [-0.25, -0.2) is 0 Å². The van der Waals surface area contributed by atoms with Gasteiger partial charge in [-0.1, -0.05) is 31.0 Å². The Hall–Kier alpha value is -1.96.